The smallest absolute Gasteiger partial charge is 0.0801 e. The first kappa shape index (κ1) is 5.26. The van der Waals surface area contributed by atoms with Crippen molar-refractivity contribution >= 4 is 17.8 Å². The van der Waals surface area contributed by atoms with Crippen LogP contribution in [-0.2, 0) is 0 Å². The second-order valence-electron chi connectivity index (χ2n) is 1.95. The number of rotatable bonds is 0. The first-order valence-electron chi connectivity index (χ1n) is 2.81. The lowest BCUT2D eigenvalue weighted by Crippen LogP contribution is -2.24. The van der Waals surface area contributed by atoms with Crippen molar-refractivity contribution in [2.45, 2.75) is 6.04 Å². The minimum absolute atomic E-state index is 0.361. The number of allylic oxidation sites excluding steroid dienone is 2. The lowest BCUT2D eigenvalue weighted by Gasteiger charge is -2.05. The Labute approximate surface area is 58.0 Å². The molecule has 1 atom stereocenters. The van der Waals surface area contributed by atoms with Gasteiger partial charge in [-0.05, 0) is 6.08 Å². The van der Waals surface area contributed by atoms with Crippen molar-refractivity contribution < 1.29 is 0 Å². The van der Waals surface area contributed by atoms with Crippen molar-refractivity contribution in [3.05, 3.63) is 24.3 Å². The Hall–Kier alpha value is -0.540. The summed E-state index contributed by atoms with van der Waals surface area (Å²) >= 11 is 1.41. The van der Waals surface area contributed by atoms with Gasteiger partial charge in [-0.2, -0.15) is 0 Å². The van der Waals surface area contributed by atoms with E-state index >= 15 is 0 Å². The van der Waals surface area contributed by atoms with Crippen LogP contribution in [0.3, 0.4) is 0 Å². The summed E-state index contributed by atoms with van der Waals surface area (Å²) in [6.45, 7) is 0. The van der Waals surface area contributed by atoms with Crippen LogP contribution in [0.5, 0.6) is 0 Å². The molecule has 1 aliphatic carbocycles. The van der Waals surface area contributed by atoms with Crippen LogP contribution in [0.2, 0.25) is 0 Å². The summed E-state index contributed by atoms with van der Waals surface area (Å²) in [5.74, 6) is 0. The van der Waals surface area contributed by atoms with Crippen molar-refractivity contribution in [2.75, 3.05) is 0 Å². The van der Waals surface area contributed by atoms with Crippen LogP contribution in [-0.4, -0.2) is 11.8 Å². The van der Waals surface area contributed by atoms with Gasteiger partial charge in [-0.3, -0.25) is 0 Å². The van der Waals surface area contributed by atoms with Crippen molar-refractivity contribution in [2.24, 2.45) is 4.40 Å². The van der Waals surface area contributed by atoms with Gasteiger partial charge in [0, 0.05) is 0 Å². The van der Waals surface area contributed by atoms with E-state index in [-0.39, 0.29) is 0 Å². The normalized spacial score (nSPS) is 30.2. The monoisotopic (exact) mass is 138 g/mol. The molecule has 0 aromatic heterocycles. The quantitative estimate of drug-likeness (QED) is 0.507. The zero-order chi connectivity index (χ0) is 6.10. The predicted octanol–water partition coefficient (Wildman–Crippen LogP) is 1.09. The molecule has 0 radical (unpaired) electrons. The fraction of sp³-hybridized carbons (Fsp3) is 0.167. The van der Waals surface area contributed by atoms with Gasteiger partial charge in [0.05, 0.1) is 23.9 Å². The van der Waals surface area contributed by atoms with Gasteiger partial charge in [-0.25, -0.2) is 9.12 Å². The van der Waals surface area contributed by atoms with Crippen molar-refractivity contribution in [1.29, 1.82) is 0 Å². The van der Waals surface area contributed by atoms with E-state index in [9.17, 15) is 0 Å². The number of nitrogens with zero attached hydrogens (tertiary/aromatic N) is 1. The van der Waals surface area contributed by atoms with E-state index in [1.165, 1.54) is 12.1 Å². The van der Waals surface area contributed by atoms with E-state index < -0.39 is 0 Å². The molecule has 1 N–H and O–H groups in total. The summed E-state index contributed by atoms with van der Waals surface area (Å²) in [5.41, 5.74) is 1.13. The van der Waals surface area contributed by atoms with Crippen molar-refractivity contribution in [3.63, 3.8) is 0 Å². The SMILES string of the molecule is C1=CC2=NSNC2C=C1. The minimum Gasteiger partial charge on any atom is -0.231 e. The third-order valence-corrected chi connectivity index (χ3v) is 1.99. The maximum Gasteiger partial charge on any atom is 0.0801 e. The fourth-order valence-corrected chi connectivity index (χ4v) is 1.50. The van der Waals surface area contributed by atoms with Crippen molar-refractivity contribution in [1.82, 2.24) is 4.72 Å². The Kier molecular flexibility index (Phi) is 1.17. The molecule has 1 aliphatic heterocycles. The predicted molar refractivity (Wildman–Crippen MR) is 40.2 cm³/mol. The molecule has 46 valence electrons. The first-order chi connectivity index (χ1) is 4.47. The first-order valence-corrected chi connectivity index (χ1v) is 3.58. The number of hydrogen-bond donors (Lipinski definition) is 1. The Balaban J connectivity index is 2.33. The molecule has 2 aliphatic rings. The maximum absolute atomic E-state index is 4.14. The van der Waals surface area contributed by atoms with Gasteiger partial charge in [0.2, 0.25) is 0 Å². The summed E-state index contributed by atoms with van der Waals surface area (Å²) < 4.78 is 7.28. The molecule has 1 unspecified atom stereocenters. The molecule has 0 aromatic carbocycles. The van der Waals surface area contributed by atoms with Crippen LogP contribution in [0.1, 0.15) is 0 Å². The topological polar surface area (TPSA) is 24.4 Å². The van der Waals surface area contributed by atoms with Gasteiger partial charge >= 0.3 is 0 Å². The summed E-state index contributed by atoms with van der Waals surface area (Å²) in [5, 5.41) is 0. The molecule has 0 fully saturated rings. The number of fused-ring (bicyclic) bond motifs is 1. The van der Waals surface area contributed by atoms with Crippen LogP contribution >= 0.6 is 12.1 Å². The Morgan fingerprint density at radius 2 is 2.56 bits per heavy atom. The van der Waals surface area contributed by atoms with Gasteiger partial charge in [0.1, 0.15) is 0 Å². The number of hydrogen-bond acceptors (Lipinski definition) is 3. The molecule has 9 heavy (non-hydrogen) atoms. The van der Waals surface area contributed by atoms with Gasteiger partial charge in [0.15, 0.2) is 0 Å². The highest BCUT2D eigenvalue weighted by Crippen LogP contribution is 2.15. The second kappa shape index (κ2) is 2.01. The molecule has 0 spiro atoms. The van der Waals surface area contributed by atoms with Gasteiger partial charge in [0.25, 0.3) is 0 Å². The second-order valence-corrected chi connectivity index (χ2v) is 2.55. The highest BCUT2D eigenvalue weighted by molar-refractivity contribution is 7.96. The molecule has 0 aromatic rings. The van der Waals surface area contributed by atoms with Crippen LogP contribution in [0.25, 0.3) is 0 Å². The third-order valence-electron chi connectivity index (χ3n) is 1.33. The zero-order valence-corrected chi connectivity index (χ0v) is 5.56. The van der Waals surface area contributed by atoms with Crippen LogP contribution < -0.4 is 4.72 Å². The van der Waals surface area contributed by atoms with Crippen LogP contribution in [0.4, 0.5) is 0 Å². The Morgan fingerprint density at radius 1 is 1.56 bits per heavy atom. The van der Waals surface area contributed by atoms with Gasteiger partial charge < -0.3 is 0 Å². The Bertz CT molecular complexity index is 202. The molecule has 0 saturated carbocycles. The molecule has 0 saturated heterocycles. The molecule has 0 bridgehead atoms. The Morgan fingerprint density at radius 3 is 3.44 bits per heavy atom. The van der Waals surface area contributed by atoms with E-state index in [0.29, 0.717) is 6.04 Å². The van der Waals surface area contributed by atoms with Crippen LogP contribution in [0.15, 0.2) is 28.7 Å². The molecular weight excluding hydrogens is 132 g/mol. The molecule has 1 heterocycles. The van der Waals surface area contributed by atoms with E-state index in [0.717, 1.165) is 5.71 Å². The van der Waals surface area contributed by atoms with Crippen molar-refractivity contribution in [3.8, 4) is 0 Å². The maximum atomic E-state index is 4.14. The molecule has 3 heteroatoms. The largest absolute Gasteiger partial charge is 0.231 e. The third kappa shape index (κ3) is 0.821. The average molecular weight is 138 g/mol. The average Bonchev–Trinajstić information content (AvgIpc) is 2.33. The molecule has 0 amide bonds. The standard InChI is InChI=1S/C6H6N2S/c1-2-4-6-5(3-1)7-9-8-6/h1-5,7H. The lowest BCUT2D eigenvalue weighted by molar-refractivity contribution is 1.01. The van der Waals surface area contributed by atoms with E-state index in [1.54, 1.807) is 0 Å². The summed E-state index contributed by atoms with van der Waals surface area (Å²) in [6, 6.07) is 0.361. The van der Waals surface area contributed by atoms with Crippen LogP contribution in [0, 0.1) is 0 Å². The van der Waals surface area contributed by atoms with E-state index in [2.05, 4.69) is 15.2 Å². The highest BCUT2D eigenvalue weighted by atomic mass is 32.2. The summed E-state index contributed by atoms with van der Waals surface area (Å²) in [6.07, 6.45) is 8.15. The lowest BCUT2D eigenvalue weighted by atomic mass is 10.1. The number of nitrogens with one attached hydrogen (secondary N) is 1. The van der Waals surface area contributed by atoms with E-state index in [4.69, 9.17) is 0 Å². The molecular formula is C6H6N2S. The summed E-state index contributed by atoms with van der Waals surface area (Å²) in [7, 11) is 0. The fourth-order valence-electron chi connectivity index (χ4n) is 0.854. The van der Waals surface area contributed by atoms with Gasteiger partial charge in [-0.15, -0.1) is 0 Å². The van der Waals surface area contributed by atoms with E-state index in [1.807, 2.05) is 18.2 Å². The highest BCUT2D eigenvalue weighted by Gasteiger charge is 2.16. The minimum atomic E-state index is 0.361. The molecule has 2 rings (SSSR count). The van der Waals surface area contributed by atoms with Gasteiger partial charge in [-0.1, -0.05) is 18.2 Å². The molecule has 2 nitrogen and oxygen atoms in total. The summed E-state index contributed by atoms with van der Waals surface area (Å²) in [4.78, 5) is 0. The zero-order valence-electron chi connectivity index (χ0n) is 4.74.